The lowest BCUT2D eigenvalue weighted by molar-refractivity contribution is 0.474. The Bertz CT molecular complexity index is 528. The van der Waals surface area contributed by atoms with Gasteiger partial charge in [0.1, 0.15) is 23.0 Å². The number of hydrogen-bond donors (Lipinski definition) is 1. The van der Waals surface area contributed by atoms with E-state index in [1.165, 1.54) is 0 Å². The molecule has 0 fully saturated rings. The number of anilines is 1. The number of benzene rings is 1. The van der Waals surface area contributed by atoms with Crippen molar-refractivity contribution in [3.05, 3.63) is 53.2 Å². The van der Waals surface area contributed by atoms with Crippen LogP contribution in [0.15, 0.2) is 28.7 Å². The van der Waals surface area contributed by atoms with Gasteiger partial charge in [-0.15, -0.1) is 0 Å². The molecule has 1 aromatic heterocycles. The molecule has 1 aromatic carbocycles. The number of furan rings is 1. The fourth-order valence-electron chi connectivity index (χ4n) is 1.59. The predicted octanol–water partition coefficient (Wildman–Crippen LogP) is 3.87. The van der Waals surface area contributed by atoms with Crippen LogP contribution in [-0.4, -0.2) is 0 Å². The van der Waals surface area contributed by atoms with Crippen molar-refractivity contribution in [3.63, 3.8) is 0 Å². The van der Waals surface area contributed by atoms with Crippen molar-refractivity contribution in [2.45, 2.75) is 19.9 Å². The zero-order valence-corrected chi connectivity index (χ0v) is 9.77. The Labute approximate surface area is 102 Å². The lowest BCUT2D eigenvalue weighted by atomic mass is 10.2. The number of rotatable bonds is 4. The summed E-state index contributed by atoms with van der Waals surface area (Å²) < 4.78 is 44.7. The molecule has 0 aliphatic rings. The van der Waals surface area contributed by atoms with Crippen molar-refractivity contribution < 1.29 is 17.6 Å². The standard InChI is InChI=1S/C13H12F3NO/c1-2-9-3-4-10(18-9)7-17-13-11(15)5-8(14)6-12(13)16/h3-6,17H,2,7H2,1H3. The lowest BCUT2D eigenvalue weighted by Crippen LogP contribution is -2.03. The molecule has 0 amide bonds. The maximum atomic E-state index is 13.3. The molecule has 0 saturated heterocycles. The SMILES string of the molecule is CCc1ccc(CNc2c(F)cc(F)cc2F)o1. The van der Waals surface area contributed by atoms with E-state index in [-0.39, 0.29) is 12.2 Å². The number of aryl methyl sites for hydroxylation is 1. The molecule has 0 spiro atoms. The highest BCUT2D eigenvalue weighted by Gasteiger charge is 2.11. The second kappa shape index (κ2) is 5.16. The second-order valence-corrected chi connectivity index (χ2v) is 3.82. The lowest BCUT2D eigenvalue weighted by Gasteiger charge is -2.07. The first-order valence-corrected chi connectivity index (χ1v) is 5.56. The minimum atomic E-state index is -0.963. The molecular weight excluding hydrogens is 243 g/mol. The van der Waals surface area contributed by atoms with E-state index in [2.05, 4.69) is 5.32 Å². The molecule has 2 rings (SSSR count). The van der Waals surface area contributed by atoms with Gasteiger partial charge in [0.25, 0.3) is 0 Å². The van der Waals surface area contributed by atoms with Crippen LogP contribution in [-0.2, 0) is 13.0 Å². The molecule has 0 atom stereocenters. The van der Waals surface area contributed by atoms with Crippen LogP contribution < -0.4 is 5.32 Å². The number of nitrogens with one attached hydrogen (secondary N) is 1. The van der Waals surface area contributed by atoms with Crippen molar-refractivity contribution in [1.82, 2.24) is 0 Å². The van der Waals surface area contributed by atoms with Gasteiger partial charge in [-0.3, -0.25) is 0 Å². The topological polar surface area (TPSA) is 25.2 Å². The summed E-state index contributed by atoms with van der Waals surface area (Å²) in [6, 6.07) is 4.79. The summed E-state index contributed by atoms with van der Waals surface area (Å²) in [6.45, 7) is 2.08. The molecule has 0 aliphatic heterocycles. The molecule has 2 nitrogen and oxygen atoms in total. The molecule has 96 valence electrons. The van der Waals surface area contributed by atoms with Gasteiger partial charge in [-0.05, 0) is 12.1 Å². The molecule has 18 heavy (non-hydrogen) atoms. The van der Waals surface area contributed by atoms with Gasteiger partial charge in [0.2, 0.25) is 0 Å². The third-order valence-corrected chi connectivity index (χ3v) is 2.51. The van der Waals surface area contributed by atoms with E-state index >= 15 is 0 Å². The molecule has 1 N–H and O–H groups in total. The highest BCUT2D eigenvalue weighted by Crippen LogP contribution is 2.21. The van der Waals surface area contributed by atoms with E-state index in [4.69, 9.17) is 4.42 Å². The minimum Gasteiger partial charge on any atom is -0.464 e. The van der Waals surface area contributed by atoms with Gasteiger partial charge in [-0.25, -0.2) is 13.2 Å². The van der Waals surface area contributed by atoms with E-state index in [0.717, 1.165) is 12.2 Å². The summed E-state index contributed by atoms with van der Waals surface area (Å²) in [7, 11) is 0. The van der Waals surface area contributed by atoms with Gasteiger partial charge in [-0.2, -0.15) is 0 Å². The fraction of sp³-hybridized carbons (Fsp3) is 0.231. The van der Waals surface area contributed by atoms with Crippen molar-refractivity contribution in [2.24, 2.45) is 0 Å². The molecular formula is C13H12F3NO. The maximum Gasteiger partial charge on any atom is 0.152 e. The molecule has 0 bridgehead atoms. The van der Waals surface area contributed by atoms with Crippen LogP contribution >= 0.6 is 0 Å². The van der Waals surface area contributed by atoms with Crippen LogP contribution in [0.3, 0.4) is 0 Å². The van der Waals surface area contributed by atoms with E-state index < -0.39 is 17.5 Å². The Kier molecular flexibility index (Phi) is 3.60. The largest absolute Gasteiger partial charge is 0.464 e. The molecule has 5 heteroatoms. The zero-order chi connectivity index (χ0) is 13.1. The maximum absolute atomic E-state index is 13.3. The van der Waals surface area contributed by atoms with Crippen LogP contribution in [0.25, 0.3) is 0 Å². The second-order valence-electron chi connectivity index (χ2n) is 3.82. The van der Waals surface area contributed by atoms with Crippen LogP contribution in [0.5, 0.6) is 0 Å². The van der Waals surface area contributed by atoms with Gasteiger partial charge in [0.05, 0.1) is 6.54 Å². The summed E-state index contributed by atoms with van der Waals surface area (Å²) in [5.41, 5.74) is -0.356. The van der Waals surface area contributed by atoms with Gasteiger partial charge in [-0.1, -0.05) is 6.92 Å². The van der Waals surface area contributed by atoms with Gasteiger partial charge < -0.3 is 9.73 Å². The summed E-state index contributed by atoms with van der Waals surface area (Å²) in [4.78, 5) is 0. The summed E-state index contributed by atoms with van der Waals surface area (Å²) in [6.07, 6.45) is 0.749. The molecule has 0 radical (unpaired) electrons. The summed E-state index contributed by atoms with van der Waals surface area (Å²) >= 11 is 0. The molecule has 0 aliphatic carbocycles. The first kappa shape index (κ1) is 12.5. The minimum absolute atomic E-state index is 0.138. The van der Waals surface area contributed by atoms with Crippen LogP contribution in [0.2, 0.25) is 0 Å². The number of halogens is 3. The monoisotopic (exact) mass is 255 g/mol. The Balaban J connectivity index is 2.10. The average Bonchev–Trinajstić information content (AvgIpc) is 2.75. The Morgan fingerprint density at radius 3 is 2.22 bits per heavy atom. The van der Waals surface area contributed by atoms with Gasteiger partial charge in [0.15, 0.2) is 11.6 Å². The molecule has 0 saturated carbocycles. The van der Waals surface area contributed by atoms with Crippen molar-refractivity contribution in [2.75, 3.05) is 5.32 Å². The van der Waals surface area contributed by atoms with Gasteiger partial charge >= 0.3 is 0 Å². The summed E-state index contributed by atoms with van der Waals surface area (Å²) in [5.74, 6) is -1.51. The van der Waals surface area contributed by atoms with E-state index in [0.29, 0.717) is 17.9 Å². The average molecular weight is 255 g/mol. The van der Waals surface area contributed by atoms with E-state index in [9.17, 15) is 13.2 Å². The highest BCUT2D eigenvalue weighted by molar-refractivity contribution is 5.46. The van der Waals surface area contributed by atoms with E-state index in [1.54, 1.807) is 12.1 Å². The first-order chi connectivity index (χ1) is 8.60. The Morgan fingerprint density at radius 2 is 1.67 bits per heavy atom. The Morgan fingerprint density at radius 1 is 1.06 bits per heavy atom. The van der Waals surface area contributed by atoms with Crippen molar-refractivity contribution in [1.29, 1.82) is 0 Å². The smallest absolute Gasteiger partial charge is 0.152 e. The predicted molar refractivity (Wildman–Crippen MR) is 61.7 cm³/mol. The van der Waals surface area contributed by atoms with Crippen LogP contribution in [0.1, 0.15) is 18.4 Å². The summed E-state index contributed by atoms with van der Waals surface area (Å²) in [5, 5.41) is 2.55. The zero-order valence-electron chi connectivity index (χ0n) is 9.77. The third-order valence-electron chi connectivity index (χ3n) is 2.51. The normalized spacial score (nSPS) is 10.7. The van der Waals surface area contributed by atoms with Gasteiger partial charge in [0, 0.05) is 18.6 Å². The van der Waals surface area contributed by atoms with Crippen molar-refractivity contribution in [3.8, 4) is 0 Å². The first-order valence-electron chi connectivity index (χ1n) is 5.56. The molecule has 1 heterocycles. The van der Waals surface area contributed by atoms with E-state index in [1.807, 2.05) is 6.92 Å². The van der Waals surface area contributed by atoms with Crippen LogP contribution in [0, 0.1) is 17.5 Å². The molecule has 0 unspecified atom stereocenters. The fourth-order valence-corrected chi connectivity index (χ4v) is 1.59. The third kappa shape index (κ3) is 2.67. The number of hydrogen-bond acceptors (Lipinski definition) is 2. The van der Waals surface area contributed by atoms with Crippen LogP contribution in [0.4, 0.5) is 18.9 Å². The van der Waals surface area contributed by atoms with Crippen molar-refractivity contribution >= 4 is 5.69 Å². The Hall–Kier alpha value is -1.91. The highest BCUT2D eigenvalue weighted by atomic mass is 19.1. The quantitative estimate of drug-likeness (QED) is 0.897. The molecule has 2 aromatic rings.